The molecule has 0 unspecified atom stereocenters. The summed E-state index contributed by atoms with van der Waals surface area (Å²) in [5.41, 5.74) is 0. The maximum absolute atomic E-state index is 5.00. The molecule has 0 bridgehead atoms. The zero-order valence-electron chi connectivity index (χ0n) is 3.28. The average molecular weight is 196 g/mol. The zero-order valence-corrected chi connectivity index (χ0v) is 5.44. The van der Waals surface area contributed by atoms with Gasteiger partial charge in [0.1, 0.15) is 0 Å². The van der Waals surface area contributed by atoms with Crippen molar-refractivity contribution in [1.29, 1.82) is 0 Å². The Balaban J connectivity index is 2.45. The molecule has 1 aliphatic heterocycles. The first-order valence-corrected chi connectivity index (χ1v) is 2.96. The van der Waals surface area contributed by atoms with Gasteiger partial charge in [-0.3, -0.25) is 0 Å². The topological polar surface area (TPSA) is 9.23 Å². The van der Waals surface area contributed by atoms with Crippen LogP contribution in [-0.2, 0) is 4.74 Å². The Morgan fingerprint density at radius 1 is 1.83 bits per heavy atom. The summed E-state index contributed by atoms with van der Waals surface area (Å²) in [5, 5.41) is 0. The number of hydrogen-bond acceptors (Lipinski definition) is 1. The minimum absolute atomic E-state index is 0.887. The van der Waals surface area contributed by atoms with E-state index in [1.54, 1.807) is 0 Å². The van der Waals surface area contributed by atoms with Crippen LogP contribution in [0.1, 0.15) is 6.42 Å². The molecule has 0 aromatic heterocycles. The van der Waals surface area contributed by atoms with E-state index in [9.17, 15) is 0 Å². The summed E-state index contributed by atoms with van der Waals surface area (Å²) in [7, 11) is 0. The molecule has 0 aliphatic carbocycles. The molecule has 0 amide bonds. The van der Waals surface area contributed by atoms with Gasteiger partial charge in [0, 0.05) is 6.42 Å². The predicted molar refractivity (Wildman–Crippen MR) is 32.7 cm³/mol. The highest BCUT2D eigenvalue weighted by molar-refractivity contribution is 14.1. The van der Waals surface area contributed by atoms with Crippen LogP contribution < -0.4 is 0 Å². The van der Waals surface area contributed by atoms with E-state index in [-0.39, 0.29) is 0 Å². The van der Waals surface area contributed by atoms with Crippen LogP contribution in [0.3, 0.4) is 0 Å². The van der Waals surface area contributed by atoms with Gasteiger partial charge in [0.25, 0.3) is 0 Å². The van der Waals surface area contributed by atoms with Crippen molar-refractivity contribution in [3.8, 4) is 0 Å². The van der Waals surface area contributed by atoms with Gasteiger partial charge in [0.05, 0.1) is 6.61 Å². The molecule has 0 atom stereocenters. The monoisotopic (exact) mass is 196 g/mol. The van der Waals surface area contributed by atoms with Crippen LogP contribution in [0.25, 0.3) is 0 Å². The lowest BCUT2D eigenvalue weighted by Gasteiger charge is -1.87. The molecule has 0 aromatic rings. The largest absolute Gasteiger partial charge is 0.488 e. The van der Waals surface area contributed by atoms with Gasteiger partial charge in [0.2, 0.25) is 0 Å². The van der Waals surface area contributed by atoms with E-state index in [0.717, 1.165) is 16.8 Å². The molecular formula is C4H5IO. The van der Waals surface area contributed by atoms with Crippen LogP contribution in [0.15, 0.2) is 9.84 Å². The summed E-state index contributed by atoms with van der Waals surface area (Å²) < 4.78 is 6.05. The van der Waals surface area contributed by atoms with Crippen LogP contribution in [0, 0.1) is 0 Å². The highest BCUT2D eigenvalue weighted by atomic mass is 127. The van der Waals surface area contributed by atoms with E-state index in [2.05, 4.69) is 28.7 Å². The number of halogens is 1. The van der Waals surface area contributed by atoms with E-state index in [4.69, 9.17) is 4.74 Å². The molecule has 1 aliphatic rings. The second kappa shape index (κ2) is 1.82. The highest BCUT2D eigenvalue weighted by Gasteiger charge is 1.96. The molecule has 0 radical (unpaired) electrons. The number of hydrogen-bond donors (Lipinski definition) is 0. The molecule has 1 nitrogen and oxygen atoms in total. The Hall–Kier alpha value is 0.270. The van der Waals surface area contributed by atoms with Gasteiger partial charge in [-0.1, -0.05) is 0 Å². The Morgan fingerprint density at radius 3 is 2.83 bits per heavy atom. The summed E-state index contributed by atoms with van der Waals surface area (Å²) in [6.45, 7) is 0.887. The van der Waals surface area contributed by atoms with E-state index in [1.165, 1.54) is 0 Å². The van der Waals surface area contributed by atoms with Crippen molar-refractivity contribution in [2.75, 3.05) is 6.61 Å². The first-order valence-electron chi connectivity index (χ1n) is 1.88. The lowest BCUT2D eigenvalue weighted by molar-refractivity contribution is 0.276. The van der Waals surface area contributed by atoms with Crippen molar-refractivity contribution in [2.45, 2.75) is 6.42 Å². The summed E-state index contributed by atoms with van der Waals surface area (Å²) in [6.07, 6.45) is 3.18. The fraction of sp³-hybridized carbons (Fsp3) is 0.500. The number of rotatable bonds is 0. The van der Waals surface area contributed by atoms with E-state index >= 15 is 0 Å². The fourth-order valence-corrected chi connectivity index (χ4v) is 0.919. The molecule has 0 spiro atoms. The van der Waals surface area contributed by atoms with Crippen LogP contribution in [0.5, 0.6) is 0 Å². The second-order valence-corrected chi connectivity index (χ2v) is 2.21. The Kier molecular flexibility index (Phi) is 1.34. The van der Waals surface area contributed by atoms with Crippen LogP contribution in [-0.4, -0.2) is 6.61 Å². The lowest BCUT2D eigenvalue weighted by atomic mass is 10.5. The average Bonchev–Trinajstić information content (AvgIpc) is 1.86. The normalized spacial score (nSPS) is 19.8. The van der Waals surface area contributed by atoms with Gasteiger partial charge < -0.3 is 4.74 Å². The van der Waals surface area contributed by atoms with Gasteiger partial charge in [0.15, 0.2) is 3.77 Å². The predicted octanol–water partition coefficient (Wildman–Crippen LogP) is 1.68. The molecule has 34 valence electrons. The minimum atomic E-state index is 0.887. The highest BCUT2D eigenvalue weighted by Crippen LogP contribution is 2.14. The number of ether oxygens (including phenoxy) is 1. The maximum atomic E-state index is 5.00. The Morgan fingerprint density at radius 2 is 2.67 bits per heavy atom. The molecule has 0 saturated heterocycles. The third kappa shape index (κ3) is 0.864. The van der Waals surface area contributed by atoms with Crippen molar-refractivity contribution in [1.82, 2.24) is 0 Å². The standard InChI is InChI=1S/C4H5IO/c5-4-2-1-3-6-4/h2H,1,3H2. The molecule has 0 N–H and O–H groups in total. The second-order valence-electron chi connectivity index (χ2n) is 1.15. The minimum Gasteiger partial charge on any atom is -0.488 e. The van der Waals surface area contributed by atoms with Crippen molar-refractivity contribution < 1.29 is 4.74 Å². The molecule has 2 heteroatoms. The fourth-order valence-electron chi connectivity index (χ4n) is 0.388. The first kappa shape index (κ1) is 4.43. The van der Waals surface area contributed by atoms with Gasteiger partial charge >= 0.3 is 0 Å². The van der Waals surface area contributed by atoms with Gasteiger partial charge in [-0.15, -0.1) is 0 Å². The third-order valence-corrected chi connectivity index (χ3v) is 1.41. The zero-order chi connectivity index (χ0) is 4.41. The van der Waals surface area contributed by atoms with E-state index in [0.29, 0.717) is 0 Å². The molecule has 1 heterocycles. The van der Waals surface area contributed by atoms with Crippen molar-refractivity contribution in [3.05, 3.63) is 9.84 Å². The first-order chi connectivity index (χ1) is 2.89. The van der Waals surface area contributed by atoms with Crippen LogP contribution in [0.4, 0.5) is 0 Å². The molecule has 0 saturated carbocycles. The van der Waals surface area contributed by atoms with E-state index < -0.39 is 0 Å². The van der Waals surface area contributed by atoms with Crippen molar-refractivity contribution in [3.63, 3.8) is 0 Å². The molecular weight excluding hydrogens is 191 g/mol. The summed E-state index contributed by atoms with van der Waals surface area (Å²) in [5.74, 6) is 0. The van der Waals surface area contributed by atoms with Crippen LogP contribution >= 0.6 is 22.6 Å². The van der Waals surface area contributed by atoms with Crippen LogP contribution in [0.2, 0.25) is 0 Å². The Bertz CT molecular complexity index is 77.6. The Labute approximate surface area is 50.5 Å². The van der Waals surface area contributed by atoms with E-state index in [1.807, 2.05) is 0 Å². The molecule has 0 aromatic carbocycles. The summed E-state index contributed by atoms with van der Waals surface area (Å²) in [4.78, 5) is 0. The summed E-state index contributed by atoms with van der Waals surface area (Å²) in [6, 6.07) is 0. The maximum Gasteiger partial charge on any atom is 0.152 e. The third-order valence-electron chi connectivity index (χ3n) is 0.663. The van der Waals surface area contributed by atoms with Gasteiger partial charge in [-0.25, -0.2) is 0 Å². The molecule has 1 rings (SSSR count). The molecule has 0 fully saturated rings. The van der Waals surface area contributed by atoms with Gasteiger partial charge in [-0.2, -0.15) is 0 Å². The molecule has 6 heavy (non-hydrogen) atoms. The smallest absolute Gasteiger partial charge is 0.152 e. The summed E-state index contributed by atoms with van der Waals surface area (Å²) >= 11 is 2.17. The SMILES string of the molecule is IC1=CCCO1. The van der Waals surface area contributed by atoms with Crippen molar-refractivity contribution in [2.24, 2.45) is 0 Å². The lowest BCUT2D eigenvalue weighted by Crippen LogP contribution is -1.74. The quantitative estimate of drug-likeness (QED) is 0.535. The van der Waals surface area contributed by atoms with Crippen molar-refractivity contribution >= 4 is 22.6 Å². The van der Waals surface area contributed by atoms with Gasteiger partial charge in [-0.05, 0) is 28.7 Å².